The Bertz CT molecular complexity index is 1890. The second-order valence-corrected chi connectivity index (χ2v) is 11.7. The van der Waals surface area contributed by atoms with Crippen LogP contribution in [0.5, 0.6) is 11.5 Å². The van der Waals surface area contributed by atoms with Gasteiger partial charge in [0.1, 0.15) is 35.1 Å². The number of aromatic hydroxyl groups is 1. The molecule has 13 heteroatoms. The van der Waals surface area contributed by atoms with Crippen LogP contribution < -0.4 is 15.3 Å². The molecule has 1 saturated heterocycles. The number of ether oxygens (including phenoxy) is 1. The molecule has 1 fully saturated rings. The molecule has 2 aliphatic heterocycles. The van der Waals surface area contributed by atoms with Crippen molar-refractivity contribution in [2.45, 2.75) is 32.4 Å². The van der Waals surface area contributed by atoms with E-state index in [4.69, 9.17) is 4.74 Å². The Labute approximate surface area is 258 Å². The fourth-order valence-electron chi connectivity index (χ4n) is 6.08. The summed E-state index contributed by atoms with van der Waals surface area (Å²) in [4.78, 5) is 45.7. The van der Waals surface area contributed by atoms with Gasteiger partial charge in [-0.3, -0.25) is 9.78 Å². The number of amides is 1. The average molecular weight is 618 g/mol. The molecule has 234 valence electrons. The number of hydrogen-bond donors (Lipinski definition) is 1. The molecule has 1 atom stereocenters. The van der Waals surface area contributed by atoms with Crippen molar-refractivity contribution in [1.82, 2.24) is 29.3 Å². The molecule has 0 radical (unpaired) electrons. The van der Waals surface area contributed by atoms with Crippen LogP contribution in [0.2, 0.25) is 0 Å². The molecule has 0 aliphatic carbocycles. The third-order valence-corrected chi connectivity index (χ3v) is 8.09. The van der Waals surface area contributed by atoms with Gasteiger partial charge in [0.15, 0.2) is 17.2 Å². The second-order valence-electron chi connectivity index (χ2n) is 11.7. The summed E-state index contributed by atoms with van der Waals surface area (Å²) in [5.41, 5.74) is 0.0330. The Morgan fingerprint density at radius 1 is 1.22 bits per heavy atom. The molecule has 1 aromatic carbocycles. The maximum atomic E-state index is 16.6. The highest BCUT2D eigenvalue weighted by Crippen LogP contribution is 2.44. The van der Waals surface area contributed by atoms with Crippen molar-refractivity contribution in [3.05, 3.63) is 76.5 Å². The molecule has 6 rings (SSSR count). The first-order chi connectivity index (χ1) is 21.5. The number of nitrogens with zero attached hydrogens (tertiary/aromatic N) is 7. The van der Waals surface area contributed by atoms with Gasteiger partial charge in [-0.05, 0) is 49.9 Å². The van der Waals surface area contributed by atoms with Crippen molar-refractivity contribution in [3.63, 3.8) is 0 Å². The van der Waals surface area contributed by atoms with Gasteiger partial charge in [-0.25, -0.2) is 23.1 Å². The van der Waals surface area contributed by atoms with E-state index in [1.807, 2.05) is 37.7 Å². The molecule has 11 nitrogen and oxygen atoms in total. The van der Waals surface area contributed by atoms with E-state index in [9.17, 15) is 14.7 Å². The number of phenolic OH excluding ortho intramolecular Hbond substituents is 1. The van der Waals surface area contributed by atoms with Gasteiger partial charge in [-0.15, -0.1) is 0 Å². The lowest BCUT2D eigenvalue weighted by atomic mass is 10.0. The first-order valence-corrected chi connectivity index (χ1v) is 14.6. The summed E-state index contributed by atoms with van der Waals surface area (Å²) in [5, 5.41) is 10.8. The SMILES string of the molecule is C=CC(=O)N1CCN2c3nc(=O)n(-c4c(CN(C)C)ccnc4C(C)C)c4nc(-c5c(O)cccc5F)c(F)c(c34)OC[C@H]2C1. The van der Waals surface area contributed by atoms with Crippen molar-refractivity contribution in [1.29, 1.82) is 0 Å². The number of carbonyl (C=O) groups excluding carboxylic acids is 1. The van der Waals surface area contributed by atoms with Crippen LogP contribution in [0.4, 0.5) is 14.6 Å². The highest BCUT2D eigenvalue weighted by Gasteiger charge is 2.38. The number of benzene rings is 1. The lowest BCUT2D eigenvalue weighted by molar-refractivity contribution is -0.126. The number of pyridine rings is 2. The molecule has 0 unspecified atom stereocenters. The molecule has 5 heterocycles. The Hall–Kier alpha value is -4.91. The van der Waals surface area contributed by atoms with Crippen LogP contribution in [0.3, 0.4) is 0 Å². The van der Waals surface area contributed by atoms with E-state index in [2.05, 4.69) is 21.5 Å². The minimum absolute atomic E-state index is 0.0285. The highest BCUT2D eigenvalue weighted by atomic mass is 19.1. The van der Waals surface area contributed by atoms with Crippen LogP contribution in [0.25, 0.3) is 28.0 Å². The molecular formula is C32H33F2N7O4. The Kier molecular flexibility index (Phi) is 7.73. The van der Waals surface area contributed by atoms with Gasteiger partial charge >= 0.3 is 5.69 Å². The maximum absolute atomic E-state index is 16.6. The van der Waals surface area contributed by atoms with E-state index in [1.54, 1.807) is 17.2 Å². The van der Waals surface area contributed by atoms with Crippen LogP contribution in [0.15, 0.2) is 47.9 Å². The lowest BCUT2D eigenvalue weighted by Gasteiger charge is -2.40. The van der Waals surface area contributed by atoms with E-state index < -0.39 is 40.4 Å². The Morgan fingerprint density at radius 2 is 2.00 bits per heavy atom. The third kappa shape index (κ3) is 5.06. The van der Waals surface area contributed by atoms with Crippen molar-refractivity contribution in [2.75, 3.05) is 45.2 Å². The molecule has 1 N–H and O–H groups in total. The topological polar surface area (TPSA) is 117 Å². The minimum atomic E-state index is -1.01. The molecule has 0 saturated carbocycles. The summed E-state index contributed by atoms with van der Waals surface area (Å²) in [7, 11) is 3.78. The summed E-state index contributed by atoms with van der Waals surface area (Å²) in [6.07, 6.45) is 2.89. The minimum Gasteiger partial charge on any atom is -0.507 e. The standard InChI is InChI=1S/C32H33F2N7O4/c1-6-22(43)39-12-13-40-19(15-39)16-45-29-24-30(40)37-32(44)41(28-18(14-38(4)5)10-11-35-26(28)17(2)3)31(24)36-27(25(29)34)23-20(33)8-7-9-21(23)42/h6-11,17,19,42H,1,12-16H2,2-5H3/t19-/m1/s1. The number of phenols is 1. The van der Waals surface area contributed by atoms with E-state index in [0.717, 1.165) is 11.6 Å². The summed E-state index contributed by atoms with van der Waals surface area (Å²) < 4.78 is 39.2. The van der Waals surface area contributed by atoms with Gasteiger partial charge in [0.25, 0.3) is 0 Å². The molecule has 2 aliphatic rings. The number of fused-ring (bicyclic) bond motifs is 2. The van der Waals surface area contributed by atoms with E-state index in [0.29, 0.717) is 24.5 Å². The van der Waals surface area contributed by atoms with Crippen LogP contribution in [-0.2, 0) is 11.3 Å². The number of aromatic nitrogens is 4. The maximum Gasteiger partial charge on any atom is 0.355 e. The summed E-state index contributed by atoms with van der Waals surface area (Å²) in [6.45, 7) is 8.62. The van der Waals surface area contributed by atoms with E-state index in [1.165, 1.54) is 22.8 Å². The zero-order valence-electron chi connectivity index (χ0n) is 25.4. The molecule has 1 amide bonds. The van der Waals surface area contributed by atoms with Crippen LogP contribution in [0.1, 0.15) is 31.0 Å². The Balaban J connectivity index is 1.72. The average Bonchev–Trinajstić information content (AvgIpc) is 3.16. The number of halogens is 2. The van der Waals surface area contributed by atoms with Gasteiger partial charge in [0, 0.05) is 32.4 Å². The second kappa shape index (κ2) is 11.5. The first kappa shape index (κ1) is 30.1. The summed E-state index contributed by atoms with van der Waals surface area (Å²) in [5.74, 6) is -2.98. The quantitative estimate of drug-likeness (QED) is 0.324. The highest BCUT2D eigenvalue weighted by molar-refractivity contribution is 5.97. The largest absolute Gasteiger partial charge is 0.507 e. The monoisotopic (exact) mass is 617 g/mol. The van der Waals surface area contributed by atoms with Crippen LogP contribution in [0, 0.1) is 11.6 Å². The molecule has 0 spiro atoms. The number of rotatable bonds is 6. The van der Waals surface area contributed by atoms with Gasteiger partial charge in [-0.1, -0.05) is 26.5 Å². The summed E-state index contributed by atoms with van der Waals surface area (Å²) >= 11 is 0. The molecule has 3 aromatic heterocycles. The smallest absolute Gasteiger partial charge is 0.355 e. The lowest BCUT2D eigenvalue weighted by Crippen LogP contribution is -2.56. The zero-order valence-corrected chi connectivity index (χ0v) is 25.4. The van der Waals surface area contributed by atoms with E-state index in [-0.39, 0.29) is 54.1 Å². The van der Waals surface area contributed by atoms with Crippen molar-refractivity contribution in [3.8, 4) is 28.4 Å². The van der Waals surface area contributed by atoms with Crippen LogP contribution >= 0.6 is 0 Å². The van der Waals surface area contributed by atoms with Crippen LogP contribution in [-0.4, -0.2) is 86.7 Å². The van der Waals surface area contributed by atoms with Gasteiger partial charge in [0.2, 0.25) is 5.91 Å². The molecular weight excluding hydrogens is 584 g/mol. The van der Waals surface area contributed by atoms with Crippen molar-refractivity contribution < 1.29 is 23.4 Å². The number of hydrogen-bond acceptors (Lipinski definition) is 9. The molecule has 0 bridgehead atoms. The fraction of sp³-hybridized carbons (Fsp3) is 0.344. The molecule has 4 aromatic rings. The predicted octanol–water partition coefficient (Wildman–Crippen LogP) is 3.61. The van der Waals surface area contributed by atoms with Crippen molar-refractivity contribution in [2.24, 2.45) is 0 Å². The van der Waals surface area contributed by atoms with Crippen molar-refractivity contribution >= 4 is 22.8 Å². The van der Waals surface area contributed by atoms with E-state index >= 15 is 8.78 Å². The summed E-state index contributed by atoms with van der Waals surface area (Å²) in [6, 6.07) is 4.92. The fourth-order valence-corrected chi connectivity index (χ4v) is 6.08. The number of anilines is 1. The zero-order chi connectivity index (χ0) is 32.2. The third-order valence-electron chi connectivity index (χ3n) is 8.09. The Morgan fingerprint density at radius 3 is 2.69 bits per heavy atom. The predicted molar refractivity (Wildman–Crippen MR) is 165 cm³/mol. The van der Waals surface area contributed by atoms with Gasteiger partial charge in [0.05, 0.1) is 23.0 Å². The van der Waals surface area contributed by atoms with Gasteiger partial charge < -0.3 is 24.5 Å². The van der Waals surface area contributed by atoms with Gasteiger partial charge in [-0.2, -0.15) is 4.98 Å². The normalized spacial score (nSPS) is 16.1. The first-order valence-electron chi connectivity index (χ1n) is 14.6. The number of carbonyl (C=O) groups is 1. The number of piperazine rings is 1. The molecule has 45 heavy (non-hydrogen) atoms.